The lowest BCUT2D eigenvalue weighted by Gasteiger charge is -2.29. The van der Waals surface area contributed by atoms with Gasteiger partial charge >= 0.3 is 0 Å². The van der Waals surface area contributed by atoms with Crippen molar-refractivity contribution >= 4 is 34.2 Å². The third kappa shape index (κ3) is 3.14. The van der Waals surface area contributed by atoms with Crippen LogP contribution in [0.25, 0.3) is 0 Å². The predicted molar refractivity (Wildman–Crippen MR) is 78.1 cm³/mol. The highest BCUT2D eigenvalue weighted by atomic mass is 127. The molecule has 1 aromatic carbocycles. The molecular formula is C13H16INO3. The van der Waals surface area contributed by atoms with Crippen molar-refractivity contribution in [2.45, 2.75) is 20.0 Å². The minimum atomic E-state index is -0.0168. The van der Waals surface area contributed by atoms with Crippen molar-refractivity contribution < 1.29 is 14.3 Å². The van der Waals surface area contributed by atoms with E-state index in [1.165, 1.54) is 0 Å². The standard InChI is InChI=1S/C13H16INO3/c1-9(2)17-6-5-15-11-7-10(14)3-4-12(11)18-8-13(15)16/h3-4,7,9H,5-6,8H2,1-2H3. The van der Waals surface area contributed by atoms with Gasteiger partial charge in [0.1, 0.15) is 5.75 Å². The van der Waals surface area contributed by atoms with E-state index in [4.69, 9.17) is 9.47 Å². The number of carbonyl (C=O) groups is 1. The van der Waals surface area contributed by atoms with E-state index in [9.17, 15) is 4.79 Å². The van der Waals surface area contributed by atoms with Crippen molar-refractivity contribution in [2.75, 3.05) is 24.7 Å². The molecule has 0 unspecified atom stereocenters. The number of ether oxygens (including phenoxy) is 2. The zero-order valence-corrected chi connectivity index (χ0v) is 12.6. The number of hydrogen-bond donors (Lipinski definition) is 0. The largest absolute Gasteiger partial charge is 0.482 e. The van der Waals surface area contributed by atoms with Gasteiger partial charge < -0.3 is 14.4 Å². The van der Waals surface area contributed by atoms with Gasteiger partial charge in [0.05, 0.1) is 18.4 Å². The lowest BCUT2D eigenvalue weighted by molar-refractivity contribution is -0.121. The highest BCUT2D eigenvalue weighted by molar-refractivity contribution is 14.1. The molecule has 0 atom stereocenters. The number of benzene rings is 1. The summed E-state index contributed by atoms with van der Waals surface area (Å²) in [5, 5.41) is 0. The van der Waals surface area contributed by atoms with E-state index in [0.29, 0.717) is 13.2 Å². The van der Waals surface area contributed by atoms with E-state index >= 15 is 0 Å². The number of halogens is 1. The van der Waals surface area contributed by atoms with Gasteiger partial charge in [-0.1, -0.05) is 0 Å². The SMILES string of the molecule is CC(C)OCCN1C(=O)COc2ccc(I)cc21. The topological polar surface area (TPSA) is 38.8 Å². The second-order valence-corrected chi connectivity index (χ2v) is 5.61. The maximum absolute atomic E-state index is 11.9. The molecule has 1 aliphatic rings. The molecule has 0 fully saturated rings. The van der Waals surface area contributed by atoms with Gasteiger partial charge in [-0.15, -0.1) is 0 Å². The molecule has 0 bridgehead atoms. The molecule has 98 valence electrons. The zero-order valence-electron chi connectivity index (χ0n) is 10.5. The van der Waals surface area contributed by atoms with E-state index in [0.717, 1.165) is 15.0 Å². The van der Waals surface area contributed by atoms with Crippen LogP contribution in [-0.2, 0) is 9.53 Å². The maximum Gasteiger partial charge on any atom is 0.265 e. The van der Waals surface area contributed by atoms with Crippen LogP contribution in [0.4, 0.5) is 5.69 Å². The van der Waals surface area contributed by atoms with Crippen LogP contribution in [0.15, 0.2) is 18.2 Å². The van der Waals surface area contributed by atoms with Crippen molar-refractivity contribution in [3.8, 4) is 5.75 Å². The van der Waals surface area contributed by atoms with Crippen LogP contribution in [-0.4, -0.2) is 31.8 Å². The first-order chi connectivity index (χ1) is 8.58. The Hall–Kier alpha value is -0.820. The lowest BCUT2D eigenvalue weighted by Crippen LogP contribution is -2.41. The smallest absolute Gasteiger partial charge is 0.265 e. The average molecular weight is 361 g/mol. The van der Waals surface area contributed by atoms with Crippen molar-refractivity contribution in [1.82, 2.24) is 0 Å². The van der Waals surface area contributed by atoms with Gasteiger partial charge in [-0.05, 0) is 54.6 Å². The average Bonchev–Trinajstić information content (AvgIpc) is 2.31. The summed E-state index contributed by atoms with van der Waals surface area (Å²) in [5.41, 5.74) is 0.838. The predicted octanol–water partition coefficient (Wildman–Crippen LogP) is 2.44. The fourth-order valence-corrected chi connectivity index (χ4v) is 2.27. The molecule has 0 N–H and O–H groups in total. The zero-order chi connectivity index (χ0) is 13.1. The molecule has 1 amide bonds. The highest BCUT2D eigenvalue weighted by Gasteiger charge is 2.25. The van der Waals surface area contributed by atoms with Crippen LogP contribution in [0.5, 0.6) is 5.75 Å². The fourth-order valence-electron chi connectivity index (χ4n) is 1.80. The van der Waals surface area contributed by atoms with Crippen LogP contribution < -0.4 is 9.64 Å². The van der Waals surface area contributed by atoms with Crippen molar-refractivity contribution in [1.29, 1.82) is 0 Å². The molecule has 0 aromatic heterocycles. The van der Waals surface area contributed by atoms with Crippen LogP contribution in [0.2, 0.25) is 0 Å². The molecule has 1 aromatic rings. The summed E-state index contributed by atoms with van der Waals surface area (Å²) in [7, 11) is 0. The molecule has 1 aliphatic heterocycles. The Morgan fingerprint density at radius 3 is 3.00 bits per heavy atom. The Kier molecular flexibility index (Phi) is 4.45. The Labute approximate surface area is 120 Å². The second-order valence-electron chi connectivity index (χ2n) is 4.37. The van der Waals surface area contributed by atoms with Gasteiger partial charge in [0.2, 0.25) is 0 Å². The molecule has 5 heteroatoms. The number of amides is 1. The first-order valence-electron chi connectivity index (χ1n) is 5.92. The number of carbonyl (C=O) groups excluding carboxylic acids is 1. The molecular weight excluding hydrogens is 345 g/mol. The van der Waals surface area contributed by atoms with Gasteiger partial charge in [0.15, 0.2) is 6.61 Å². The quantitative estimate of drug-likeness (QED) is 0.774. The number of fused-ring (bicyclic) bond motifs is 1. The Morgan fingerprint density at radius 1 is 1.50 bits per heavy atom. The third-order valence-corrected chi connectivity index (χ3v) is 3.30. The molecule has 0 spiro atoms. The molecule has 4 nitrogen and oxygen atoms in total. The summed E-state index contributed by atoms with van der Waals surface area (Å²) in [5.74, 6) is 0.747. The monoisotopic (exact) mass is 361 g/mol. The summed E-state index contributed by atoms with van der Waals surface area (Å²) in [6.45, 7) is 5.17. The molecule has 18 heavy (non-hydrogen) atoms. The summed E-state index contributed by atoms with van der Waals surface area (Å²) in [4.78, 5) is 13.6. The summed E-state index contributed by atoms with van der Waals surface area (Å²) < 4.78 is 12.0. The number of nitrogens with zero attached hydrogens (tertiary/aromatic N) is 1. The molecule has 0 saturated heterocycles. The van der Waals surface area contributed by atoms with Crippen LogP contribution >= 0.6 is 22.6 Å². The Balaban J connectivity index is 2.14. The van der Waals surface area contributed by atoms with Gasteiger partial charge in [-0.2, -0.15) is 0 Å². The summed E-state index contributed by atoms with van der Waals surface area (Å²) in [6.07, 6.45) is 0.177. The number of anilines is 1. The lowest BCUT2D eigenvalue weighted by atomic mass is 10.2. The highest BCUT2D eigenvalue weighted by Crippen LogP contribution is 2.33. The molecule has 0 aliphatic carbocycles. The Morgan fingerprint density at radius 2 is 2.28 bits per heavy atom. The van der Waals surface area contributed by atoms with Gasteiger partial charge in [0, 0.05) is 10.1 Å². The molecule has 2 rings (SSSR count). The summed E-state index contributed by atoms with van der Waals surface area (Å²) in [6, 6.07) is 5.83. The Bertz CT molecular complexity index is 448. The van der Waals surface area contributed by atoms with E-state index in [-0.39, 0.29) is 18.6 Å². The van der Waals surface area contributed by atoms with Crippen molar-refractivity contribution in [2.24, 2.45) is 0 Å². The first-order valence-corrected chi connectivity index (χ1v) is 7.00. The van der Waals surface area contributed by atoms with Crippen LogP contribution in [0.3, 0.4) is 0 Å². The molecule has 0 radical (unpaired) electrons. The van der Waals surface area contributed by atoms with E-state index in [1.54, 1.807) is 4.90 Å². The van der Waals surface area contributed by atoms with Crippen LogP contribution in [0, 0.1) is 3.57 Å². The third-order valence-electron chi connectivity index (χ3n) is 2.63. The van der Waals surface area contributed by atoms with Crippen molar-refractivity contribution in [3.63, 3.8) is 0 Å². The van der Waals surface area contributed by atoms with E-state index in [2.05, 4.69) is 22.6 Å². The van der Waals surface area contributed by atoms with Gasteiger partial charge in [-0.25, -0.2) is 0 Å². The minimum absolute atomic E-state index is 0.0168. The maximum atomic E-state index is 11.9. The van der Waals surface area contributed by atoms with E-state index in [1.807, 2.05) is 32.0 Å². The normalized spacial score (nSPS) is 14.7. The number of rotatable bonds is 4. The van der Waals surface area contributed by atoms with Crippen LogP contribution in [0.1, 0.15) is 13.8 Å². The van der Waals surface area contributed by atoms with E-state index < -0.39 is 0 Å². The van der Waals surface area contributed by atoms with Gasteiger partial charge in [-0.3, -0.25) is 4.79 Å². The minimum Gasteiger partial charge on any atom is -0.482 e. The second kappa shape index (κ2) is 5.88. The fraction of sp³-hybridized carbons (Fsp3) is 0.462. The number of hydrogen-bond acceptors (Lipinski definition) is 3. The summed E-state index contributed by atoms with van der Waals surface area (Å²) >= 11 is 2.23. The van der Waals surface area contributed by atoms with Gasteiger partial charge in [0.25, 0.3) is 5.91 Å². The first kappa shape index (κ1) is 13.6. The molecule has 0 saturated carbocycles. The van der Waals surface area contributed by atoms with Crippen molar-refractivity contribution in [3.05, 3.63) is 21.8 Å². The molecule has 1 heterocycles.